The average molecular weight is 478 g/mol. The standard InChI is InChI=1S/C29H27N5O2/c1-33-17-18-34(29-28(33)31-24-9-5-6-10-25(24)32-29)26(35)16-15-22-21-7-3-4-8-23(21)30-27(22)19-11-13-20(36-2)14-12-19/h3-14,30H,15-18H2,1-2H3. The summed E-state index contributed by atoms with van der Waals surface area (Å²) in [4.78, 5) is 30.6. The number of carbonyl (C=O) groups is 1. The summed E-state index contributed by atoms with van der Waals surface area (Å²) < 4.78 is 5.33. The van der Waals surface area contributed by atoms with Gasteiger partial charge in [-0.15, -0.1) is 0 Å². The summed E-state index contributed by atoms with van der Waals surface area (Å²) in [7, 11) is 3.66. The molecule has 0 radical (unpaired) electrons. The molecule has 0 atom stereocenters. The molecule has 0 bridgehead atoms. The number of fused-ring (bicyclic) bond motifs is 3. The van der Waals surface area contributed by atoms with Gasteiger partial charge in [0.05, 0.1) is 18.1 Å². The molecule has 0 fully saturated rings. The zero-order valence-corrected chi connectivity index (χ0v) is 20.4. The first-order chi connectivity index (χ1) is 17.6. The van der Waals surface area contributed by atoms with E-state index in [2.05, 4.69) is 22.0 Å². The number of hydrogen-bond acceptors (Lipinski definition) is 5. The van der Waals surface area contributed by atoms with Gasteiger partial charge in [0, 0.05) is 43.2 Å². The first-order valence-electron chi connectivity index (χ1n) is 12.1. The van der Waals surface area contributed by atoms with Crippen LogP contribution in [0.1, 0.15) is 12.0 Å². The fourth-order valence-electron chi connectivity index (χ4n) is 4.95. The number of anilines is 2. The Morgan fingerprint density at radius 1 is 0.917 bits per heavy atom. The minimum atomic E-state index is 0.0555. The quantitative estimate of drug-likeness (QED) is 0.377. The third-order valence-corrected chi connectivity index (χ3v) is 6.89. The van der Waals surface area contributed by atoms with E-state index in [0.29, 0.717) is 25.2 Å². The Hall–Kier alpha value is -4.39. The number of H-pyrrole nitrogens is 1. The van der Waals surface area contributed by atoms with Crippen LogP contribution < -0.4 is 14.5 Å². The molecule has 0 spiro atoms. The van der Waals surface area contributed by atoms with E-state index >= 15 is 0 Å². The topological polar surface area (TPSA) is 74.4 Å². The molecule has 6 rings (SSSR count). The van der Waals surface area contributed by atoms with Crippen LogP contribution in [-0.4, -0.2) is 48.1 Å². The number of rotatable bonds is 5. The van der Waals surface area contributed by atoms with Crippen molar-refractivity contribution in [3.63, 3.8) is 0 Å². The van der Waals surface area contributed by atoms with Crippen LogP contribution in [0.4, 0.5) is 11.6 Å². The van der Waals surface area contributed by atoms with Gasteiger partial charge in [0.25, 0.3) is 0 Å². The number of nitrogens with zero attached hydrogens (tertiary/aromatic N) is 4. The van der Waals surface area contributed by atoms with E-state index in [1.165, 1.54) is 0 Å². The van der Waals surface area contributed by atoms with Crippen LogP contribution >= 0.6 is 0 Å². The maximum absolute atomic E-state index is 13.6. The van der Waals surface area contributed by atoms with E-state index in [4.69, 9.17) is 14.7 Å². The first-order valence-corrected chi connectivity index (χ1v) is 12.1. The molecule has 0 saturated carbocycles. The van der Waals surface area contributed by atoms with Crippen molar-refractivity contribution in [3.8, 4) is 17.0 Å². The molecular weight excluding hydrogens is 450 g/mol. The Labute approximate surface area is 209 Å². The number of para-hydroxylation sites is 3. The highest BCUT2D eigenvalue weighted by molar-refractivity contribution is 5.98. The Morgan fingerprint density at radius 2 is 1.61 bits per heavy atom. The largest absolute Gasteiger partial charge is 0.497 e. The van der Waals surface area contributed by atoms with Gasteiger partial charge >= 0.3 is 0 Å². The molecule has 0 unspecified atom stereocenters. The Bertz CT molecular complexity index is 1570. The van der Waals surface area contributed by atoms with Crippen LogP contribution in [0.5, 0.6) is 5.75 Å². The first kappa shape index (κ1) is 22.1. The van der Waals surface area contributed by atoms with Crippen LogP contribution in [0.3, 0.4) is 0 Å². The van der Waals surface area contributed by atoms with Gasteiger partial charge in [-0.2, -0.15) is 0 Å². The highest BCUT2D eigenvalue weighted by Gasteiger charge is 2.28. The van der Waals surface area contributed by atoms with Crippen molar-refractivity contribution in [2.24, 2.45) is 0 Å². The van der Waals surface area contributed by atoms with E-state index in [1.54, 1.807) is 12.0 Å². The number of benzene rings is 3. The number of nitrogens with one attached hydrogen (secondary N) is 1. The molecule has 2 aromatic heterocycles. The summed E-state index contributed by atoms with van der Waals surface area (Å²) >= 11 is 0. The van der Waals surface area contributed by atoms with E-state index < -0.39 is 0 Å². The minimum Gasteiger partial charge on any atom is -0.497 e. The molecular formula is C29H27N5O2. The molecule has 1 aliphatic rings. The molecule has 1 N–H and O–H groups in total. The number of amides is 1. The number of ether oxygens (including phenoxy) is 1. The zero-order valence-electron chi connectivity index (χ0n) is 20.4. The SMILES string of the molecule is COc1ccc(-c2[nH]c3ccccc3c2CCC(=O)N2CCN(C)c3nc4ccccc4nc32)cc1. The van der Waals surface area contributed by atoms with Crippen LogP contribution in [0.25, 0.3) is 33.2 Å². The maximum atomic E-state index is 13.6. The molecule has 7 heteroatoms. The molecule has 3 aromatic carbocycles. The van der Waals surface area contributed by atoms with Gasteiger partial charge in [-0.3, -0.25) is 9.69 Å². The van der Waals surface area contributed by atoms with E-state index in [0.717, 1.165) is 56.9 Å². The van der Waals surface area contributed by atoms with Gasteiger partial charge in [0.1, 0.15) is 5.75 Å². The minimum absolute atomic E-state index is 0.0555. The summed E-state index contributed by atoms with van der Waals surface area (Å²) in [5.74, 6) is 2.26. The second-order valence-electron chi connectivity index (χ2n) is 9.08. The van der Waals surface area contributed by atoms with Crippen molar-refractivity contribution in [3.05, 3.63) is 78.4 Å². The molecule has 1 amide bonds. The number of methoxy groups -OCH3 is 1. The molecule has 7 nitrogen and oxygen atoms in total. The highest BCUT2D eigenvalue weighted by atomic mass is 16.5. The normalized spacial score (nSPS) is 13.3. The van der Waals surface area contributed by atoms with Crippen LogP contribution in [0, 0.1) is 0 Å². The van der Waals surface area contributed by atoms with Crippen molar-refractivity contribution < 1.29 is 9.53 Å². The lowest BCUT2D eigenvalue weighted by Crippen LogP contribution is -2.43. The smallest absolute Gasteiger partial charge is 0.228 e. The van der Waals surface area contributed by atoms with Crippen LogP contribution in [0.2, 0.25) is 0 Å². The number of carbonyl (C=O) groups excluding carboxylic acids is 1. The number of likely N-dealkylation sites (N-methyl/N-ethyl adjacent to an activating group) is 1. The number of aryl methyl sites for hydroxylation is 1. The molecule has 0 saturated heterocycles. The summed E-state index contributed by atoms with van der Waals surface area (Å²) in [6.45, 7) is 1.31. The molecule has 3 heterocycles. The van der Waals surface area contributed by atoms with Crippen molar-refractivity contribution in [1.82, 2.24) is 15.0 Å². The maximum Gasteiger partial charge on any atom is 0.228 e. The number of aromatic nitrogens is 3. The van der Waals surface area contributed by atoms with Gasteiger partial charge in [-0.25, -0.2) is 9.97 Å². The summed E-state index contributed by atoms with van der Waals surface area (Å²) in [5, 5.41) is 1.14. The molecule has 180 valence electrons. The van der Waals surface area contributed by atoms with Crippen LogP contribution in [-0.2, 0) is 11.2 Å². The third kappa shape index (κ3) is 3.82. The predicted octanol–water partition coefficient (Wildman–Crippen LogP) is 5.20. The second kappa shape index (κ2) is 9.00. The van der Waals surface area contributed by atoms with E-state index in [-0.39, 0.29) is 5.91 Å². The second-order valence-corrected chi connectivity index (χ2v) is 9.08. The third-order valence-electron chi connectivity index (χ3n) is 6.89. The monoisotopic (exact) mass is 477 g/mol. The van der Waals surface area contributed by atoms with Gasteiger partial charge in [0.15, 0.2) is 11.6 Å². The van der Waals surface area contributed by atoms with Gasteiger partial charge in [-0.1, -0.05) is 30.3 Å². The van der Waals surface area contributed by atoms with E-state index in [9.17, 15) is 4.79 Å². The summed E-state index contributed by atoms with van der Waals surface area (Å²) in [5.41, 5.74) is 5.94. The molecule has 5 aromatic rings. The van der Waals surface area contributed by atoms with Crippen molar-refractivity contribution in [1.29, 1.82) is 0 Å². The molecule has 1 aliphatic heterocycles. The van der Waals surface area contributed by atoms with E-state index in [1.807, 2.05) is 67.7 Å². The lowest BCUT2D eigenvalue weighted by atomic mass is 10.0. The lowest BCUT2D eigenvalue weighted by Gasteiger charge is -2.33. The van der Waals surface area contributed by atoms with Gasteiger partial charge in [0.2, 0.25) is 5.91 Å². The van der Waals surface area contributed by atoms with Crippen molar-refractivity contribution >= 4 is 39.5 Å². The molecule has 36 heavy (non-hydrogen) atoms. The summed E-state index contributed by atoms with van der Waals surface area (Å²) in [6.07, 6.45) is 0.996. The Morgan fingerprint density at radius 3 is 2.36 bits per heavy atom. The highest BCUT2D eigenvalue weighted by Crippen LogP contribution is 2.34. The van der Waals surface area contributed by atoms with Crippen molar-refractivity contribution in [2.75, 3.05) is 37.0 Å². The van der Waals surface area contributed by atoms with Crippen LogP contribution in [0.15, 0.2) is 72.8 Å². The van der Waals surface area contributed by atoms with Gasteiger partial charge < -0.3 is 14.6 Å². The van der Waals surface area contributed by atoms with Gasteiger partial charge in [-0.05, 0) is 60.0 Å². The Balaban J connectivity index is 1.32. The summed E-state index contributed by atoms with van der Waals surface area (Å²) in [6, 6.07) is 24.1. The lowest BCUT2D eigenvalue weighted by molar-refractivity contribution is -0.118. The molecule has 0 aliphatic carbocycles. The predicted molar refractivity (Wildman–Crippen MR) is 144 cm³/mol. The number of aromatic amines is 1. The average Bonchev–Trinajstić information content (AvgIpc) is 3.29. The fourth-order valence-corrected chi connectivity index (χ4v) is 4.95. The van der Waals surface area contributed by atoms with Crippen molar-refractivity contribution in [2.45, 2.75) is 12.8 Å². The number of hydrogen-bond donors (Lipinski definition) is 1. The fraction of sp³-hybridized carbons (Fsp3) is 0.207. The zero-order chi connectivity index (χ0) is 24.6. The Kier molecular flexibility index (Phi) is 5.52.